The number of morpholine rings is 1. The Kier molecular flexibility index (Phi) is 5.77. The summed E-state index contributed by atoms with van der Waals surface area (Å²) in [6.07, 6.45) is 0.389. The maximum Gasteiger partial charge on any atom is 0.233 e. The van der Waals surface area contributed by atoms with E-state index in [0.29, 0.717) is 13.0 Å². The van der Waals surface area contributed by atoms with Gasteiger partial charge in [-0.2, -0.15) is 0 Å². The average Bonchev–Trinajstić information content (AvgIpc) is 3.13. The lowest BCUT2D eigenvalue weighted by molar-refractivity contribution is -0.118. The van der Waals surface area contributed by atoms with E-state index in [4.69, 9.17) is 9.72 Å². The molecule has 0 unspecified atom stereocenters. The summed E-state index contributed by atoms with van der Waals surface area (Å²) in [5, 5.41) is 0.783. The predicted octanol–water partition coefficient (Wildman–Crippen LogP) is 3.20. The van der Waals surface area contributed by atoms with Crippen LogP contribution in [0.2, 0.25) is 0 Å². The molecule has 1 aliphatic rings. The number of carbonyl (C=O) groups is 1. The number of nitrogens with zero attached hydrogens (tertiary/aromatic N) is 3. The zero-order valence-corrected chi connectivity index (χ0v) is 16.0. The molecule has 1 amide bonds. The topological polar surface area (TPSA) is 45.7 Å². The van der Waals surface area contributed by atoms with Crippen molar-refractivity contribution in [2.45, 2.75) is 6.42 Å². The molecule has 4 rings (SSSR count). The minimum atomic E-state index is 0.0912. The molecule has 0 saturated carbocycles. The van der Waals surface area contributed by atoms with Gasteiger partial charge in [-0.1, -0.05) is 53.8 Å². The summed E-state index contributed by atoms with van der Waals surface area (Å²) in [6.45, 7) is 4.84. The van der Waals surface area contributed by atoms with Gasteiger partial charge in [-0.3, -0.25) is 14.6 Å². The molecule has 1 fully saturated rings. The minimum Gasteiger partial charge on any atom is -0.379 e. The van der Waals surface area contributed by atoms with Crippen LogP contribution in [0.4, 0.5) is 5.13 Å². The Bertz CT molecular complexity index is 858. The monoisotopic (exact) mass is 381 g/mol. The predicted molar refractivity (Wildman–Crippen MR) is 109 cm³/mol. The van der Waals surface area contributed by atoms with Crippen molar-refractivity contribution in [1.29, 1.82) is 0 Å². The van der Waals surface area contributed by atoms with Gasteiger partial charge in [0.2, 0.25) is 5.91 Å². The smallest absolute Gasteiger partial charge is 0.233 e. The number of rotatable bonds is 6. The zero-order valence-electron chi connectivity index (χ0n) is 15.2. The zero-order chi connectivity index (χ0) is 18.5. The van der Waals surface area contributed by atoms with Gasteiger partial charge in [-0.05, 0) is 17.7 Å². The van der Waals surface area contributed by atoms with Crippen LogP contribution in [0.5, 0.6) is 0 Å². The molecule has 3 aromatic rings. The second-order valence-electron chi connectivity index (χ2n) is 6.63. The normalized spacial score (nSPS) is 15.1. The van der Waals surface area contributed by atoms with Crippen molar-refractivity contribution in [2.24, 2.45) is 0 Å². The van der Waals surface area contributed by atoms with Crippen molar-refractivity contribution in [2.75, 3.05) is 44.3 Å². The lowest BCUT2D eigenvalue weighted by atomic mass is 10.1. The summed E-state index contributed by atoms with van der Waals surface area (Å²) in [4.78, 5) is 22.0. The largest absolute Gasteiger partial charge is 0.379 e. The highest BCUT2D eigenvalue weighted by molar-refractivity contribution is 7.22. The number of anilines is 1. The molecule has 2 heterocycles. The first-order valence-corrected chi connectivity index (χ1v) is 10.1. The maximum absolute atomic E-state index is 13.1. The minimum absolute atomic E-state index is 0.0912. The van der Waals surface area contributed by atoms with E-state index < -0.39 is 0 Å². The first kappa shape index (κ1) is 18.1. The molecule has 6 heteroatoms. The van der Waals surface area contributed by atoms with Crippen LogP contribution < -0.4 is 4.90 Å². The van der Waals surface area contributed by atoms with Gasteiger partial charge in [0.1, 0.15) is 0 Å². The number of thiazole rings is 1. The van der Waals surface area contributed by atoms with Gasteiger partial charge in [0.05, 0.1) is 29.9 Å². The van der Waals surface area contributed by atoms with Crippen LogP contribution in [0.15, 0.2) is 54.6 Å². The molecule has 0 spiro atoms. The Hall–Kier alpha value is -2.28. The van der Waals surface area contributed by atoms with Crippen LogP contribution in [-0.2, 0) is 16.0 Å². The van der Waals surface area contributed by atoms with E-state index in [0.717, 1.165) is 53.8 Å². The van der Waals surface area contributed by atoms with Crippen LogP contribution in [0.25, 0.3) is 10.2 Å². The highest BCUT2D eigenvalue weighted by Gasteiger charge is 2.21. The fraction of sp³-hybridized carbons (Fsp3) is 0.333. The number of fused-ring (bicyclic) bond motifs is 1. The van der Waals surface area contributed by atoms with Crippen molar-refractivity contribution >= 4 is 32.6 Å². The van der Waals surface area contributed by atoms with E-state index >= 15 is 0 Å². The van der Waals surface area contributed by atoms with Gasteiger partial charge < -0.3 is 4.74 Å². The standard InChI is InChI=1S/C21H23N3O2S/c25-20(16-17-6-2-1-3-7-17)24(11-10-23-12-14-26-15-13-23)21-22-18-8-4-5-9-19(18)27-21/h1-9H,10-16H2. The van der Waals surface area contributed by atoms with Gasteiger partial charge in [0.15, 0.2) is 5.13 Å². The third-order valence-electron chi connectivity index (χ3n) is 4.76. The number of hydrogen-bond donors (Lipinski definition) is 0. The Morgan fingerprint density at radius 3 is 2.59 bits per heavy atom. The van der Waals surface area contributed by atoms with Crippen LogP contribution in [0.3, 0.4) is 0 Å². The summed E-state index contributed by atoms with van der Waals surface area (Å²) < 4.78 is 6.53. The number of ether oxygens (including phenoxy) is 1. The van der Waals surface area contributed by atoms with Crippen molar-refractivity contribution in [3.63, 3.8) is 0 Å². The highest BCUT2D eigenvalue weighted by Crippen LogP contribution is 2.29. The Morgan fingerprint density at radius 1 is 1.07 bits per heavy atom. The summed E-state index contributed by atoms with van der Waals surface area (Å²) in [5.74, 6) is 0.0912. The number of hydrogen-bond acceptors (Lipinski definition) is 5. The maximum atomic E-state index is 13.1. The number of aromatic nitrogens is 1. The fourth-order valence-corrected chi connectivity index (χ4v) is 4.24. The quantitative estimate of drug-likeness (QED) is 0.658. The van der Waals surface area contributed by atoms with Crippen molar-refractivity contribution < 1.29 is 9.53 Å². The molecule has 140 valence electrons. The van der Waals surface area contributed by atoms with E-state index in [-0.39, 0.29) is 5.91 Å². The average molecular weight is 382 g/mol. The molecule has 1 aromatic heterocycles. The van der Waals surface area contributed by atoms with Gasteiger partial charge in [-0.25, -0.2) is 4.98 Å². The van der Waals surface area contributed by atoms with Crippen LogP contribution in [0, 0.1) is 0 Å². The lowest BCUT2D eigenvalue weighted by Gasteiger charge is -2.29. The summed E-state index contributed by atoms with van der Waals surface area (Å²) >= 11 is 1.58. The summed E-state index contributed by atoms with van der Waals surface area (Å²) in [7, 11) is 0. The van der Waals surface area contributed by atoms with E-state index in [1.165, 1.54) is 0 Å². The third-order valence-corrected chi connectivity index (χ3v) is 5.82. The molecule has 2 aromatic carbocycles. The van der Waals surface area contributed by atoms with Crippen molar-refractivity contribution in [3.05, 3.63) is 60.2 Å². The van der Waals surface area contributed by atoms with Crippen LogP contribution in [0.1, 0.15) is 5.56 Å². The summed E-state index contributed by atoms with van der Waals surface area (Å²) in [5.41, 5.74) is 1.97. The first-order valence-electron chi connectivity index (χ1n) is 9.29. The highest BCUT2D eigenvalue weighted by atomic mass is 32.1. The van der Waals surface area contributed by atoms with Gasteiger partial charge >= 0.3 is 0 Å². The van der Waals surface area contributed by atoms with E-state index in [2.05, 4.69) is 11.0 Å². The number of benzene rings is 2. The van der Waals surface area contributed by atoms with Crippen LogP contribution in [-0.4, -0.2) is 55.2 Å². The lowest BCUT2D eigenvalue weighted by Crippen LogP contribution is -2.43. The van der Waals surface area contributed by atoms with Gasteiger partial charge in [-0.15, -0.1) is 0 Å². The Balaban J connectivity index is 1.54. The third kappa shape index (κ3) is 4.53. The van der Waals surface area contributed by atoms with E-state index in [1.54, 1.807) is 11.3 Å². The first-order chi connectivity index (χ1) is 13.3. The van der Waals surface area contributed by atoms with Crippen molar-refractivity contribution in [1.82, 2.24) is 9.88 Å². The molecule has 1 aliphatic heterocycles. The molecule has 0 N–H and O–H groups in total. The van der Waals surface area contributed by atoms with E-state index in [9.17, 15) is 4.79 Å². The number of carbonyl (C=O) groups excluding carboxylic acids is 1. The summed E-state index contributed by atoms with van der Waals surface area (Å²) in [6, 6.07) is 17.9. The molecule has 0 aliphatic carbocycles. The molecule has 0 bridgehead atoms. The molecular weight excluding hydrogens is 358 g/mol. The second-order valence-corrected chi connectivity index (χ2v) is 7.64. The van der Waals surface area contributed by atoms with Gasteiger partial charge in [0, 0.05) is 26.2 Å². The number of amides is 1. The Morgan fingerprint density at radius 2 is 1.81 bits per heavy atom. The fourth-order valence-electron chi connectivity index (χ4n) is 3.23. The van der Waals surface area contributed by atoms with Gasteiger partial charge in [0.25, 0.3) is 0 Å². The number of para-hydroxylation sites is 1. The molecule has 0 atom stereocenters. The Labute approximate surface area is 163 Å². The van der Waals surface area contributed by atoms with Crippen LogP contribution >= 0.6 is 11.3 Å². The SMILES string of the molecule is O=C(Cc1ccccc1)N(CCN1CCOCC1)c1nc2ccccc2s1. The molecule has 1 saturated heterocycles. The van der Waals surface area contributed by atoms with Crippen molar-refractivity contribution in [3.8, 4) is 0 Å². The molecule has 0 radical (unpaired) electrons. The molecular formula is C21H23N3O2S. The molecule has 27 heavy (non-hydrogen) atoms. The van der Waals surface area contributed by atoms with E-state index in [1.807, 2.05) is 53.4 Å². The second kappa shape index (κ2) is 8.61. The molecule has 5 nitrogen and oxygen atoms in total.